The number of methoxy groups -OCH3 is 2. The fourth-order valence-corrected chi connectivity index (χ4v) is 2.15. The third kappa shape index (κ3) is 3.56. The average molecular weight is 300 g/mol. The molecule has 2 aromatic carbocycles. The van der Waals surface area contributed by atoms with Crippen LogP contribution in [0.5, 0.6) is 11.5 Å². The molecule has 0 fully saturated rings. The van der Waals surface area contributed by atoms with Crippen LogP contribution in [0.4, 0.5) is 0 Å². The second-order valence-corrected chi connectivity index (χ2v) is 4.73. The van der Waals surface area contributed by atoms with Gasteiger partial charge >= 0.3 is 0 Å². The summed E-state index contributed by atoms with van der Waals surface area (Å²) in [5.74, 6) is 1.21. The molecule has 0 bridgehead atoms. The Kier molecular flexibility index (Phi) is 4.86. The van der Waals surface area contributed by atoms with Gasteiger partial charge < -0.3 is 9.47 Å². The number of allylic oxidation sites excluding steroid dienone is 1. The van der Waals surface area contributed by atoms with Crippen LogP contribution in [-0.2, 0) is 0 Å². The van der Waals surface area contributed by atoms with Crippen molar-refractivity contribution < 1.29 is 9.47 Å². The highest BCUT2D eigenvalue weighted by Crippen LogP contribution is 2.31. The Morgan fingerprint density at radius 2 is 1.86 bits per heavy atom. The van der Waals surface area contributed by atoms with E-state index in [0.717, 1.165) is 11.1 Å². The SMILES string of the molecule is COc1ccc(/C(C#N)=C/c2cccc(Cl)c2)cc1OC. The number of hydrogen-bond acceptors (Lipinski definition) is 3. The van der Waals surface area contributed by atoms with Gasteiger partial charge in [0.25, 0.3) is 0 Å². The molecule has 0 atom stereocenters. The molecule has 0 N–H and O–H groups in total. The maximum Gasteiger partial charge on any atom is 0.161 e. The van der Waals surface area contributed by atoms with Crippen molar-refractivity contribution in [3.05, 3.63) is 58.6 Å². The Morgan fingerprint density at radius 1 is 1.10 bits per heavy atom. The summed E-state index contributed by atoms with van der Waals surface area (Å²) < 4.78 is 10.5. The molecule has 21 heavy (non-hydrogen) atoms. The summed E-state index contributed by atoms with van der Waals surface area (Å²) in [5, 5.41) is 10.0. The van der Waals surface area contributed by atoms with Gasteiger partial charge in [0.2, 0.25) is 0 Å². The molecule has 0 aliphatic heterocycles. The first-order valence-corrected chi connectivity index (χ1v) is 6.65. The largest absolute Gasteiger partial charge is 0.493 e. The lowest BCUT2D eigenvalue weighted by Gasteiger charge is -2.09. The van der Waals surface area contributed by atoms with E-state index in [1.807, 2.05) is 18.2 Å². The summed E-state index contributed by atoms with van der Waals surface area (Å²) in [6.07, 6.45) is 1.78. The van der Waals surface area contributed by atoms with Crippen molar-refractivity contribution in [2.24, 2.45) is 0 Å². The van der Waals surface area contributed by atoms with Crippen molar-refractivity contribution in [1.82, 2.24) is 0 Å². The molecule has 2 rings (SSSR count). The van der Waals surface area contributed by atoms with Crippen LogP contribution in [0.2, 0.25) is 5.02 Å². The highest BCUT2D eigenvalue weighted by Gasteiger charge is 2.08. The lowest BCUT2D eigenvalue weighted by Crippen LogP contribution is -1.92. The highest BCUT2D eigenvalue weighted by atomic mass is 35.5. The lowest BCUT2D eigenvalue weighted by molar-refractivity contribution is 0.355. The van der Waals surface area contributed by atoms with E-state index in [0.29, 0.717) is 22.1 Å². The molecule has 0 aromatic heterocycles. The summed E-state index contributed by atoms with van der Waals surface area (Å²) in [4.78, 5) is 0. The second-order valence-electron chi connectivity index (χ2n) is 4.29. The summed E-state index contributed by atoms with van der Waals surface area (Å²) >= 11 is 5.96. The van der Waals surface area contributed by atoms with E-state index in [4.69, 9.17) is 21.1 Å². The van der Waals surface area contributed by atoms with Crippen molar-refractivity contribution >= 4 is 23.3 Å². The van der Waals surface area contributed by atoms with E-state index in [2.05, 4.69) is 6.07 Å². The van der Waals surface area contributed by atoms with Crippen molar-refractivity contribution in [2.75, 3.05) is 14.2 Å². The minimum atomic E-state index is 0.526. The van der Waals surface area contributed by atoms with Crippen LogP contribution in [0.15, 0.2) is 42.5 Å². The third-order valence-electron chi connectivity index (χ3n) is 2.97. The molecule has 0 heterocycles. The van der Waals surface area contributed by atoms with Crippen molar-refractivity contribution in [3.8, 4) is 17.6 Å². The van der Waals surface area contributed by atoms with Gasteiger partial charge in [-0.2, -0.15) is 5.26 Å². The van der Waals surface area contributed by atoms with Gasteiger partial charge in [-0.15, -0.1) is 0 Å². The molecule has 106 valence electrons. The van der Waals surface area contributed by atoms with Crippen LogP contribution in [0.3, 0.4) is 0 Å². The minimum absolute atomic E-state index is 0.526. The average Bonchev–Trinajstić information content (AvgIpc) is 2.52. The van der Waals surface area contributed by atoms with Gasteiger partial charge in [-0.05, 0) is 47.5 Å². The third-order valence-corrected chi connectivity index (χ3v) is 3.21. The maximum absolute atomic E-state index is 9.38. The van der Waals surface area contributed by atoms with Crippen molar-refractivity contribution in [2.45, 2.75) is 0 Å². The standard InChI is InChI=1S/C17H14ClNO2/c1-20-16-7-6-13(10-17(16)21-2)14(11-19)8-12-4-3-5-15(18)9-12/h3-10H,1-2H3/b14-8+. The van der Waals surface area contributed by atoms with E-state index >= 15 is 0 Å². The molecular formula is C17H14ClNO2. The normalized spacial score (nSPS) is 10.9. The minimum Gasteiger partial charge on any atom is -0.493 e. The fourth-order valence-electron chi connectivity index (χ4n) is 1.95. The first-order chi connectivity index (χ1) is 10.2. The zero-order valence-electron chi connectivity index (χ0n) is 11.8. The molecule has 3 nitrogen and oxygen atoms in total. The first-order valence-electron chi connectivity index (χ1n) is 6.27. The van der Waals surface area contributed by atoms with Gasteiger partial charge in [-0.25, -0.2) is 0 Å². The van der Waals surface area contributed by atoms with Crippen LogP contribution in [0, 0.1) is 11.3 Å². The van der Waals surface area contributed by atoms with Crippen molar-refractivity contribution in [1.29, 1.82) is 5.26 Å². The Labute approximate surface area is 129 Å². The summed E-state index contributed by atoms with van der Waals surface area (Å²) in [6.45, 7) is 0. The number of nitrogens with zero attached hydrogens (tertiary/aromatic N) is 1. The Balaban J connectivity index is 2.45. The number of benzene rings is 2. The van der Waals surface area contributed by atoms with E-state index in [1.165, 1.54) is 0 Å². The number of rotatable bonds is 4. The molecule has 0 aliphatic rings. The Morgan fingerprint density at radius 3 is 2.48 bits per heavy atom. The molecule has 0 saturated carbocycles. The maximum atomic E-state index is 9.38. The molecule has 0 radical (unpaired) electrons. The molecule has 2 aromatic rings. The van der Waals surface area contributed by atoms with Crippen molar-refractivity contribution in [3.63, 3.8) is 0 Å². The van der Waals surface area contributed by atoms with Crippen LogP contribution in [-0.4, -0.2) is 14.2 Å². The van der Waals surface area contributed by atoms with Crippen LogP contribution in [0.25, 0.3) is 11.6 Å². The Bertz CT molecular complexity index is 717. The quantitative estimate of drug-likeness (QED) is 0.620. The highest BCUT2D eigenvalue weighted by molar-refractivity contribution is 6.30. The monoisotopic (exact) mass is 299 g/mol. The Hall–Kier alpha value is -2.44. The van der Waals surface area contributed by atoms with Gasteiger partial charge in [-0.3, -0.25) is 0 Å². The molecule has 0 amide bonds. The van der Waals surface area contributed by atoms with Gasteiger partial charge in [0.1, 0.15) is 0 Å². The van der Waals surface area contributed by atoms with Crippen LogP contribution in [0.1, 0.15) is 11.1 Å². The molecule has 4 heteroatoms. The molecule has 0 spiro atoms. The number of halogens is 1. The number of nitriles is 1. The second kappa shape index (κ2) is 6.83. The predicted molar refractivity (Wildman–Crippen MR) is 84.5 cm³/mol. The van der Waals surface area contributed by atoms with Gasteiger partial charge in [0, 0.05) is 5.02 Å². The van der Waals surface area contributed by atoms with Crippen LogP contribution < -0.4 is 9.47 Å². The summed E-state index contributed by atoms with van der Waals surface area (Å²) in [7, 11) is 3.14. The lowest BCUT2D eigenvalue weighted by atomic mass is 10.0. The van der Waals surface area contributed by atoms with Crippen LogP contribution >= 0.6 is 11.6 Å². The fraction of sp³-hybridized carbons (Fsp3) is 0.118. The zero-order valence-corrected chi connectivity index (χ0v) is 12.5. The zero-order chi connectivity index (χ0) is 15.2. The van der Waals surface area contributed by atoms with E-state index in [1.54, 1.807) is 44.6 Å². The van der Waals surface area contributed by atoms with Gasteiger partial charge in [0.05, 0.1) is 25.9 Å². The summed E-state index contributed by atoms with van der Waals surface area (Å²) in [6, 6.07) is 14.9. The van der Waals surface area contributed by atoms with Gasteiger partial charge in [-0.1, -0.05) is 23.7 Å². The first kappa shape index (κ1) is 15.0. The molecule has 0 unspecified atom stereocenters. The topological polar surface area (TPSA) is 42.2 Å². The predicted octanol–water partition coefficient (Wildman–Crippen LogP) is 4.42. The molecule has 0 saturated heterocycles. The number of ether oxygens (including phenoxy) is 2. The van der Waals surface area contributed by atoms with E-state index in [9.17, 15) is 5.26 Å². The van der Waals surface area contributed by atoms with Gasteiger partial charge in [0.15, 0.2) is 11.5 Å². The molecule has 0 aliphatic carbocycles. The number of hydrogen-bond donors (Lipinski definition) is 0. The van der Waals surface area contributed by atoms with E-state index < -0.39 is 0 Å². The molecular weight excluding hydrogens is 286 g/mol. The van der Waals surface area contributed by atoms with E-state index in [-0.39, 0.29) is 0 Å². The smallest absolute Gasteiger partial charge is 0.161 e. The summed E-state index contributed by atoms with van der Waals surface area (Å²) in [5.41, 5.74) is 2.15.